The molecule has 0 radical (unpaired) electrons. The van der Waals surface area contributed by atoms with E-state index in [9.17, 15) is 4.79 Å². The maximum atomic E-state index is 11.8. The number of aromatic nitrogens is 1. The van der Waals surface area contributed by atoms with Crippen LogP contribution in [0.1, 0.15) is 24.6 Å². The lowest BCUT2D eigenvalue weighted by Gasteiger charge is -2.25. The van der Waals surface area contributed by atoms with E-state index >= 15 is 0 Å². The summed E-state index contributed by atoms with van der Waals surface area (Å²) in [7, 11) is 0. The maximum Gasteiger partial charge on any atom is 0.219 e. The molecule has 1 atom stereocenters. The zero-order valence-corrected chi connectivity index (χ0v) is 13.4. The van der Waals surface area contributed by atoms with Crippen molar-refractivity contribution in [3.8, 4) is 0 Å². The largest absolute Gasteiger partial charge is 0.365 e. The smallest absolute Gasteiger partial charge is 0.219 e. The number of hydrogen-bond donors (Lipinski definition) is 0. The van der Waals surface area contributed by atoms with Gasteiger partial charge in [-0.25, -0.2) is 0 Å². The van der Waals surface area contributed by atoms with Gasteiger partial charge in [0.25, 0.3) is 0 Å². The summed E-state index contributed by atoms with van der Waals surface area (Å²) in [6.07, 6.45) is 2.88. The fourth-order valence-electron chi connectivity index (χ4n) is 3.99. The van der Waals surface area contributed by atoms with E-state index in [4.69, 9.17) is 4.98 Å². The molecule has 118 valence electrons. The first-order valence-electron chi connectivity index (χ1n) is 8.18. The van der Waals surface area contributed by atoms with Gasteiger partial charge in [0.2, 0.25) is 5.91 Å². The van der Waals surface area contributed by atoms with Gasteiger partial charge in [-0.3, -0.25) is 9.78 Å². The molecule has 1 amide bonds. The summed E-state index contributed by atoms with van der Waals surface area (Å²) in [5.74, 6) is 0.167. The van der Waals surface area contributed by atoms with Gasteiger partial charge in [-0.1, -0.05) is 30.3 Å². The normalized spacial score (nSPS) is 22.7. The molecule has 1 saturated heterocycles. The van der Waals surface area contributed by atoms with Crippen LogP contribution in [0, 0.1) is 0 Å². The molecule has 3 heterocycles. The van der Waals surface area contributed by atoms with Crippen molar-refractivity contribution in [3.05, 3.63) is 59.9 Å². The molecule has 4 nitrogen and oxygen atoms in total. The van der Waals surface area contributed by atoms with Gasteiger partial charge in [0.15, 0.2) is 0 Å². The fourth-order valence-corrected chi connectivity index (χ4v) is 3.99. The number of anilines is 1. The number of rotatable bonds is 2. The first-order valence-corrected chi connectivity index (χ1v) is 8.18. The second kappa shape index (κ2) is 5.37. The van der Waals surface area contributed by atoms with Gasteiger partial charge in [-0.15, -0.1) is 0 Å². The zero-order valence-electron chi connectivity index (χ0n) is 13.4. The summed E-state index contributed by atoms with van der Waals surface area (Å²) in [6, 6.07) is 14.7. The van der Waals surface area contributed by atoms with Crippen molar-refractivity contribution in [2.75, 3.05) is 24.5 Å². The number of carbonyl (C=O) groups is 1. The van der Waals surface area contributed by atoms with E-state index in [-0.39, 0.29) is 11.3 Å². The Labute approximate surface area is 136 Å². The second-order valence-electron chi connectivity index (χ2n) is 6.68. The highest BCUT2D eigenvalue weighted by molar-refractivity contribution is 5.74. The fraction of sp³-hybridized carbons (Fsp3) is 0.368. The molecule has 0 unspecified atom stereocenters. The first kappa shape index (κ1) is 14.2. The quantitative estimate of drug-likeness (QED) is 0.855. The van der Waals surface area contributed by atoms with Crippen LogP contribution in [0.25, 0.3) is 0 Å². The molecule has 2 aliphatic rings. The first-order chi connectivity index (χ1) is 11.2. The lowest BCUT2D eigenvalue weighted by molar-refractivity contribution is -0.127. The molecule has 1 fully saturated rings. The lowest BCUT2D eigenvalue weighted by Crippen LogP contribution is -2.37. The summed E-state index contributed by atoms with van der Waals surface area (Å²) < 4.78 is 0. The van der Waals surface area contributed by atoms with Gasteiger partial charge in [-0.05, 0) is 24.1 Å². The van der Waals surface area contributed by atoms with Crippen LogP contribution in [0.3, 0.4) is 0 Å². The van der Waals surface area contributed by atoms with Crippen LogP contribution in [0.5, 0.6) is 0 Å². The maximum absolute atomic E-state index is 11.8. The Morgan fingerprint density at radius 3 is 2.74 bits per heavy atom. The van der Waals surface area contributed by atoms with Crippen LogP contribution in [-0.4, -0.2) is 35.4 Å². The van der Waals surface area contributed by atoms with Crippen molar-refractivity contribution in [3.63, 3.8) is 0 Å². The van der Waals surface area contributed by atoms with Crippen LogP contribution >= 0.6 is 0 Å². The van der Waals surface area contributed by atoms with Crippen LogP contribution in [0.15, 0.2) is 48.7 Å². The Balaban J connectivity index is 1.66. The van der Waals surface area contributed by atoms with E-state index < -0.39 is 0 Å². The van der Waals surface area contributed by atoms with Crippen molar-refractivity contribution in [2.45, 2.75) is 25.3 Å². The number of carbonyl (C=O) groups excluding carboxylic acids is 1. The van der Waals surface area contributed by atoms with Gasteiger partial charge in [0.1, 0.15) is 0 Å². The molecule has 23 heavy (non-hydrogen) atoms. The van der Waals surface area contributed by atoms with E-state index in [1.54, 1.807) is 6.92 Å². The summed E-state index contributed by atoms with van der Waals surface area (Å²) in [5, 5.41) is 0. The Morgan fingerprint density at radius 1 is 1.17 bits per heavy atom. The van der Waals surface area contributed by atoms with Crippen molar-refractivity contribution >= 4 is 11.6 Å². The monoisotopic (exact) mass is 307 g/mol. The zero-order chi connectivity index (χ0) is 15.9. The molecule has 0 saturated carbocycles. The third kappa shape index (κ3) is 2.38. The van der Waals surface area contributed by atoms with Gasteiger partial charge in [0.05, 0.1) is 16.8 Å². The summed E-state index contributed by atoms with van der Waals surface area (Å²) in [5.41, 5.74) is 3.69. The van der Waals surface area contributed by atoms with E-state index in [1.165, 1.54) is 16.9 Å². The molecule has 0 N–H and O–H groups in total. The number of hydrogen-bond acceptors (Lipinski definition) is 3. The molecule has 1 aromatic carbocycles. The third-order valence-corrected chi connectivity index (χ3v) is 5.14. The number of amides is 1. The highest BCUT2D eigenvalue weighted by Gasteiger charge is 2.48. The topological polar surface area (TPSA) is 36.4 Å². The van der Waals surface area contributed by atoms with Gasteiger partial charge >= 0.3 is 0 Å². The molecule has 2 aliphatic heterocycles. The van der Waals surface area contributed by atoms with Crippen molar-refractivity contribution < 1.29 is 4.79 Å². The van der Waals surface area contributed by atoms with E-state index in [2.05, 4.69) is 35.2 Å². The van der Waals surface area contributed by atoms with Crippen LogP contribution < -0.4 is 4.90 Å². The molecule has 4 heteroatoms. The average Bonchev–Trinajstić information content (AvgIpc) is 3.13. The van der Waals surface area contributed by atoms with Gasteiger partial charge in [0, 0.05) is 39.3 Å². The van der Waals surface area contributed by atoms with Crippen molar-refractivity contribution in [2.24, 2.45) is 0 Å². The summed E-state index contributed by atoms with van der Waals surface area (Å²) in [6.45, 7) is 5.12. The number of pyridine rings is 1. The molecule has 0 bridgehead atoms. The van der Waals surface area contributed by atoms with E-state index in [0.29, 0.717) is 0 Å². The number of likely N-dealkylation sites (tertiary alicyclic amines) is 1. The van der Waals surface area contributed by atoms with Gasteiger partial charge < -0.3 is 9.80 Å². The Hall–Kier alpha value is -2.36. The number of benzene rings is 1. The number of fused-ring (bicyclic) bond motifs is 2. The SMILES string of the molecule is CC(=O)N1CC[C@@]2(C1)CN(Cc1ccccc1)c1cccnc12. The minimum Gasteiger partial charge on any atom is -0.365 e. The third-order valence-electron chi connectivity index (χ3n) is 5.14. The molecule has 0 aliphatic carbocycles. The minimum absolute atomic E-state index is 0.00293. The Morgan fingerprint density at radius 2 is 2.00 bits per heavy atom. The predicted octanol–water partition coefficient (Wildman–Crippen LogP) is 2.59. The molecular formula is C19H21N3O. The second-order valence-corrected chi connectivity index (χ2v) is 6.68. The summed E-state index contributed by atoms with van der Waals surface area (Å²) >= 11 is 0. The van der Waals surface area contributed by atoms with E-state index in [0.717, 1.165) is 32.6 Å². The minimum atomic E-state index is -0.00293. The van der Waals surface area contributed by atoms with Crippen LogP contribution in [-0.2, 0) is 16.8 Å². The summed E-state index contributed by atoms with van der Waals surface area (Å²) in [4.78, 5) is 20.8. The van der Waals surface area contributed by atoms with Crippen LogP contribution in [0.4, 0.5) is 5.69 Å². The van der Waals surface area contributed by atoms with Crippen molar-refractivity contribution in [1.29, 1.82) is 0 Å². The lowest BCUT2D eigenvalue weighted by atomic mass is 9.85. The average molecular weight is 307 g/mol. The molecule has 1 spiro atoms. The van der Waals surface area contributed by atoms with Crippen LogP contribution in [0.2, 0.25) is 0 Å². The molecule has 1 aromatic heterocycles. The predicted molar refractivity (Wildman–Crippen MR) is 90.3 cm³/mol. The van der Waals surface area contributed by atoms with Gasteiger partial charge in [-0.2, -0.15) is 0 Å². The molecule has 2 aromatic rings. The molecular weight excluding hydrogens is 286 g/mol. The standard InChI is InChI=1S/C19H21N3O/c1-15(23)21-11-9-19(13-21)14-22(12-16-6-3-2-4-7-16)17-8-5-10-20-18(17)19/h2-8,10H,9,11-14H2,1H3/t19-/m1/s1. The highest BCUT2D eigenvalue weighted by atomic mass is 16.2. The number of nitrogens with zero attached hydrogens (tertiary/aromatic N) is 3. The Kier molecular flexibility index (Phi) is 3.33. The Bertz CT molecular complexity index is 730. The molecule has 4 rings (SSSR count). The van der Waals surface area contributed by atoms with Crippen molar-refractivity contribution in [1.82, 2.24) is 9.88 Å². The van der Waals surface area contributed by atoms with E-state index in [1.807, 2.05) is 23.2 Å². The highest BCUT2D eigenvalue weighted by Crippen LogP contribution is 2.45.